The van der Waals surface area contributed by atoms with E-state index >= 15 is 0 Å². The molecule has 0 saturated carbocycles. The first-order chi connectivity index (χ1) is 20.9. The van der Waals surface area contributed by atoms with Gasteiger partial charge in [-0.1, -0.05) is 48.4 Å². The van der Waals surface area contributed by atoms with Crippen molar-refractivity contribution in [3.05, 3.63) is 71.3 Å². The van der Waals surface area contributed by atoms with Gasteiger partial charge in [0.1, 0.15) is 29.3 Å². The molecule has 11 nitrogen and oxygen atoms in total. The molecule has 0 saturated heterocycles. The Kier molecular flexibility index (Phi) is 12.7. The third-order valence-corrected chi connectivity index (χ3v) is 6.34. The third kappa shape index (κ3) is 12.3. The molecule has 4 N–H and O–H groups in total. The van der Waals surface area contributed by atoms with Crippen LogP contribution in [0.25, 0.3) is 0 Å². The average molecular weight is 621 g/mol. The monoisotopic (exact) mass is 620 g/mol. The fourth-order valence-corrected chi connectivity index (χ4v) is 4.35. The largest absolute Gasteiger partial charge is 0.458 e. The summed E-state index contributed by atoms with van der Waals surface area (Å²) < 4.78 is 10.9. The number of amides is 4. The number of hydrogen-bond donors (Lipinski definition) is 3. The van der Waals surface area contributed by atoms with Crippen LogP contribution in [0.2, 0.25) is 0 Å². The van der Waals surface area contributed by atoms with E-state index in [0.29, 0.717) is 11.1 Å². The number of ether oxygens (including phenoxy) is 2. The minimum absolute atomic E-state index is 0.128. The molecular formula is C34H44N4O7. The predicted molar refractivity (Wildman–Crippen MR) is 169 cm³/mol. The van der Waals surface area contributed by atoms with E-state index in [-0.39, 0.29) is 19.3 Å². The SMILES string of the molecule is C#Cc1ccc(C(C(=O)NC(Cc2ccccc2)C(=O)OC(C)(C)C)N(C)C(=O)C(CCC(N)=O)NC(=O)OC(C)(C)C)cc1. The summed E-state index contributed by atoms with van der Waals surface area (Å²) in [6.45, 7) is 10.1. The van der Waals surface area contributed by atoms with Gasteiger partial charge in [-0.3, -0.25) is 14.4 Å². The summed E-state index contributed by atoms with van der Waals surface area (Å²) in [5.41, 5.74) is 5.37. The number of nitrogens with two attached hydrogens (primary N) is 1. The molecule has 0 heterocycles. The smallest absolute Gasteiger partial charge is 0.408 e. The fraction of sp³-hybridized carbons (Fsp3) is 0.441. The molecule has 0 aliphatic carbocycles. The van der Waals surface area contributed by atoms with Crippen LogP contribution in [0, 0.1) is 12.3 Å². The zero-order chi connectivity index (χ0) is 33.9. The lowest BCUT2D eigenvalue weighted by atomic mass is 9.99. The highest BCUT2D eigenvalue weighted by atomic mass is 16.6. The summed E-state index contributed by atoms with van der Waals surface area (Å²) >= 11 is 0. The van der Waals surface area contributed by atoms with Gasteiger partial charge >= 0.3 is 12.1 Å². The predicted octanol–water partition coefficient (Wildman–Crippen LogP) is 3.40. The second kappa shape index (κ2) is 15.7. The average Bonchev–Trinajstić information content (AvgIpc) is 2.93. The van der Waals surface area contributed by atoms with Crippen LogP contribution >= 0.6 is 0 Å². The molecule has 3 unspecified atom stereocenters. The van der Waals surface area contributed by atoms with Gasteiger partial charge in [-0.05, 0) is 71.2 Å². The Balaban J connectivity index is 2.50. The lowest BCUT2D eigenvalue weighted by Gasteiger charge is -2.33. The number of hydrogen-bond acceptors (Lipinski definition) is 7. The lowest BCUT2D eigenvalue weighted by Crippen LogP contribution is -2.54. The van der Waals surface area contributed by atoms with Gasteiger partial charge in [0.15, 0.2) is 0 Å². The number of esters is 1. The number of terminal acetylenes is 1. The number of nitrogens with zero attached hydrogens (tertiary/aromatic N) is 1. The molecular weight excluding hydrogens is 576 g/mol. The second-order valence-corrected chi connectivity index (χ2v) is 12.6. The molecule has 0 radical (unpaired) electrons. The van der Waals surface area contributed by atoms with Gasteiger partial charge in [-0.15, -0.1) is 6.42 Å². The van der Waals surface area contributed by atoms with Gasteiger partial charge in [0.2, 0.25) is 17.7 Å². The molecule has 0 aliphatic heterocycles. The van der Waals surface area contributed by atoms with Crippen molar-refractivity contribution in [1.82, 2.24) is 15.5 Å². The number of primary amides is 1. The van der Waals surface area contributed by atoms with E-state index in [0.717, 1.165) is 10.5 Å². The minimum Gasteiger partial charge on any atom is -0.458 e. The highest BCUT2D eigenvalue weighted by Gasteiger charge is 2.36. The Labute approximate surface area is 265 Å². The molecule has 0 aromatic heterocycles. The van der Waals surface area contributed by atoms with Gasteiger partial charge in [-0.25, -0.2) is 9.59 Å². The van der Waals surface area contributed by atoms with Gasteiger partial charge in [-0.2, -0.15) is 0 Å². The summed E-state index contributed by atoms with van der Waals surface area (Å²) in [5.74, 6) is -0.200. The number of likely N-dealkylation sites (N-methyl/N-ethyl adjacent to an activating group) is 1. The Bertz CT molecular complexity index is 1390. The first-order valence-corrected chi connectivity index (χ1v) is 14.6. The van der Waals surface area contributed by atoms with Crippen LogP contribution in [-0.2, 0) is 35.1 Å². The molecule has 0 fully saturated rings. The molecule has 3 atom stereocenters. The summed E-state index contributed by atoms with van der Waals surface area (Å²) in [4.78, 5) is 66.6. The molecule has 242 valence electrons. The molecule has 2 aromatic carbocycles. The van der Waals surface area contributed by atoms with Crippen LogP contribution < -0.4 is 16.4 Å². The quantitative estimate of drug-likeness (QED) is 0.242. The number of alkyl carbamates (subject to hydrolysis) is 1. The van der Waals surface area contributed by atoms with E-state index in [1.165, 1.54) is 7.05 Å². The lowest BCUT2D eigenvalue weighted by molar-refractivity contribution is -0.159. The van der Waals surface area contributed by atoms with Crippen molar-refractivity contribution in [3.63, 3.8) is 0 Å². The third-order valence-electron chi connectivity index (χ3n) is 6.34. The van der Waals surface area contributed by atoms with Crippen molar-refractivity contribution in [2.24, 2.45) is 5.73 Å². The maximum atomic E-state index is 14.1. The zero-order valence-corrected chi connectivity index (χ0v) is 27.0. The number of benzene rings is 2. The number of rotatable bonds is 12. The van der Waals surface area contributed by atoms with E-state index < -0.39 is 59.1 Å². The van der Waals surface area contributed by atoms with E-state index in [1.54, 1.807) is 65.8 Å². The van der Waals surface area contributed by atoms with Crippen LogP contribution in [0.5, 0.6) is 0 Å². The highest BCUT2D eigenvalue weighted by Crippen LogP contribution is 2.23. The molecule has 0 spiro atoms. The number of carbonyl (C=O) groups excluding carboxylic acids is 5. The van der Waals surface area contributed by atoms with Crippen LogP contribution in [-0.4, -0.2) is 65.0 Å². The van der Waals surface area contributed by atoms with Gasteiger partial charge in [0, 0.05) is 25.5 Å². The Morgan fingerprint density at radius 1 is 0.867 bits per heavy atom. The van der Waals surface area contributed by atoms with Gasteiger partial charge in [0.05, 0.1) is 0 Å². The van der Waals surface area contributed by atoms with Crippen LogP contribution in [0.15, 0.2) is 54.6 Å². The zero-order valence-electron chi connectivity index (χ0n) is 27.0. The topological polar surface area (TPSA) is 157 Å². The Morgan fingerprint density at radius 3 is 1.96 bits per heavy atom. The molecule has 0 aliphatic rings. The summed E-state index contributed by atoms with van der Waals surface area (Å²) in [6, 6.07) is 11.9. The van der Waals surface area contributed by atoms with Gasteiger partial charge < -0.3 is 30.7 Å². The van der Waals surface area contributed by atoms with Gasteiger partial charge in [0.25, 0.3) is 0 Å². The molecule has 0 bridgehead atoms. The normalized spacial score (nSPS) is 13.3. The van der Waals surface area contributed by atoms with Crippen molar-refractivity contribution in [2.75, 3.05) is 7.05 Å². The number of carbonyl (C=O) groups is 5. The molecule has 4 amide bonds. The van der Waals surface area contributed by atoms with Crippen molar-refractivity contribution < 1.29 is 33.4 Å². The summed E-state index contributed by atoms with van der Waals surface area (Å²) in [5, 5.41) is 5.28. The maximum absolute atomic E-state index is 14.1. The van der Waals surface area contributed by atoms with Crippen molar-refractivity contribution >= 4 is 29.8 Å². The second-order valence-electron chi connectivity index (χ2n) is 12.6. The first kappa shape index (κ1) is 36.3. The minimum atomic E-state index is -1.28. The number of nitrogens with one attached hydrogen (secondary N) is 2. The van der Waals surface area contributed by atoms with E-state index in [9.17, 15) is 24.0 Å². The molecule has 2 aromatic rings. The molecule has 11 heteroatoms. The van der Waals surface area contributed by atoms with Crippen molar-refractivity contribution in [3.8, 4) is 12.3 Å². The fourth-order valence-electron chi connectivity index (χ4n) is 4.35. The van der Waals surface area contributed by atoms with Crippen molar-refractivity contribution in [2.45, 2.75) is 90.1 Å². The Morgan fingerprint density at radius 2 is 1.44 bits per heavy atom. The summed E-state index contributed by atoms with van der Waals surface area (Å²) in [6.07, 6.45) is 4.41. The van der Waals surface area contributed by atoms with Crippen LogP contribution in [0.4, 0.5) is 4.79 Å². The Hall–Kier alpha value is -4.85. The van der Waals surface area contributed by atoms with E-state index in [4.69, 9.17) is 21.6 Å². The standard InChI is InChI=1S/C34H44N4O7/c1-9-22-15-17-24(18-16-22)28(38(8)30(41)25(19-20-27(35)39)37-32(43)45-34(5,6)7)29(40)36-26(31(42)44-33(2,3)4)21-23-13-11-10-12-14-23/h1,10-18,25-26,28H,19-21H2,2-8H3,(H2,35,39)(H,36,40)(H,37,43). The highest BCUT2D eigenvalue weighted by molar-refractivity contribution is 5.94. The summed E-state index contributed by atoms with van der Waals surface area (Å²) in [7, 11) is 1.38. The maximum Gasteiger partial charge on any atom is 0.408 e. The van der Waals surface area contributed by atoms with E-state index in [1.807, 2.05) is 30.3 Å². The van der Waals surface area contributed by atoms with Crippen LogP contribution in [0.1, 0.15) is 77.1 Å². The van der Waals surface area contributed by atoms with E-state index in [2.05, 4.69) is 16.6 Å². The molecule has 45 heavy (non-hydrogen) atoms. The van der Waals surface area contributed by atoms with Crippen molar-refractivity contribution in [1.29, 1.82) is 0 Å². The molecule has 2 rings (SSSR count). The first-order valence-electron chi connectivity index (χ1n) is 14.6. The van der Waals surface area contributed by atoms with Crippen LogP contribution in [0.3, 0.4) is 0 Å².